The Morgan fingerprint density at radius 3 is 2.62 bits per heavy atom. The molecule has 72 valence electrons. The zero-order valence-corrected chi connectivity index (χ0v) is 7.70. The molecular weight excluding hydrogens is 166 g/mol. The first-order valence-electron chi connectivity index (χ1n) is 4.30. The summed E-state index contributed by atoms with van der Waals surface area (Å²) in [6.45, 7) is 1.78. The van der Waals surface area contributed by atoms with E-state index in [1.54, 1.807) is 12.1 Å². The number of aliphatic hydroxyl groups excluding tert-OH is 1. The molecule has 4 N–H and O–H groups in total. The molecular formula is C10H15NO2. The van der Waals surface area contributed by atoms with Gasteiger partial charge in [0, 0.05) is 11.6 Å². The third-order valence-electron chi connectivity index (χ3n) is 1.88. The Morgan fingerprint density at radius 2 is 2.15 bits per heavy atom. The van der Waals surface area contributed by atoms with Gasteiger partial charge in [0.05, 0.1) is 6.61 Å². The lowest BCUT2D eigenvalue weighted by molar-refractivity contribution is 0.275. The van der Waals surface area contributed by atoms with E-state index in [9.17, 15) is 5.11 Å². The third kappa shape index (κ3) is 2.72. The van der Waals surface area contributed by atoms with Crippen LogP contribution in [0, 0.1) is 0 Å². The van der Waals surface area contributed by atoms with Crippen LogP contribution in [0.3, 0.4) is 0 Å². The van der Waals surface area contributed by atoms with E-state index in [1.807, 2.05) is 13.0 Å². The molecule has 0 aromatic heterocycles. The van der Waals surface area contributed by atoms with E-state index in [1.165, 1.54) is 0 Å². The molecule has 0 saturated carbocycles. The number of nitrogens with two attached hydrogens (primary N) is 1. The molecule has 0 spiro atoms. The third-order valence-corrected chi connectivity index (χ3v) is 1.88. The second kappa shape index (κ2) is 4.25. The first-order chi connectivity index (χ1) is 6.13. The first kappa shape index (κ1) is 10.0. The van der Waals surface area contributed by atoms with Gasteiger partial charge in [0.1, 0.15) is 5.75 Å². The number of rotatable bonds is 3. The number of aliphatic hydroxyl groups is 1. The van der Waals surface area contributed by atoms with E-state index in [2.05, 4.69) is 0 Å². The van der Waals surface area contributed by atoms with Gasteiger partial charge in [-0.25, -0.2) is 0 Å². The first-order valence-corrected chi connectivity index (χ1v) is 4.30. The SMILES string of the molecule is CC(N)Cc1ccc(CO)c(O)c1. The molecule has 13 heavy (non-hydrogen) atoms. The molecule has 0 aliphatic rings. The van der Waals surface area contributed by atoms with Gasteiger partial charge in [-0.05, 0) is 25.0 Å². The molecule has 1 aromatic rings. The van der Waals surface area contributed by atoms with Gasteiger partial charge >= 0.3 is 0 Å². The van der Waals surface area contributed by atoms with Gasteiger partial charge in [0.15, 0.2) is 0 Å². The van der Waals surface area contributed by atoms with E-state index >= 15 is 0 Å². The summed E-state index contributed by atoms with van der Waals surface area (Å²) in [6, 6.07) is 5.32. The van der Waals surface area contributed by atoms with Crippen LogP contribution >= 0.6 is 0 Å². The lowest BCUT2D eigenvalue weighted by Gasteiger charge is -2.07. The van der Waals surface area contributed by atoms with Crippen molar-refractivity contribution in [2.24, 2.45) is 5.73 Å². The van der Waals surface area contributed by atoms with Crippen molar-refractivity contribution in [3.05, 3.63) is 29.3 Å². The summed E-state index contributed by atoms with van der Waals surface area (Å²) in [6.07, 6.45) is 0.735. The molecule has 0 bridgehead atoms. The lowest BCUT2D eigenvalue weighted by Crippen LogP contribution is -2.17. The molecule has 3 heteroatoms. The van der Waals surface area contributed by atoms with E-state index < -0.39 is 0 Å². The summed E-state index contributed by atoms with van der Waals surface area (Å²) in [5, 5.41) is 18.2. The highest BCUT2D eigenvalue weighted by Crippen LogP contribution is 2.19. The number of hydrogen-bond acceptors (Lipinski definition) is 3. The lowest BCUT2D eigenvalue weighted by atomic mass is 10.1. The molecule has 0 heterocycles. The summed E-state index contributed by atoms with van der Waals surface area (Å²) in [5.41, 5.74) is 7.15. The molecule has 3 nitrogen and oxygen atoms in total. The highest BCUT2D eigenvalue weighted by Gasteiger charge is 2.02. The van der Waals surface area contributed by atoms with Gasteiger partial charge in [0.25, 0.3) is 0 Å². The minimum atomic E-state index is -0.135. The van der Waals surface area contributed by atoms with Gasteiger partial charge in [0.2, 0.25) is 0 Å². The van der Waals surface area contributed by atoms with Crippen molar-refractivity contribution in [2.45, 2.75) is 26.0 Å². The number of aromatic hydroxyl groups is 1. The normalized spacial score (nSPS) is 12.8. The Hall–Kier alpha value is -1.06. The minimum Gasteiger partial charge on any atom is -0.508 e. The predicted octanol–water partition coefficient (Wildman–Crippen LogP) is 0.774. The van der Waals surface area contributed by atoms with Gasteiger partial charge in [-0.15, -0.1) is 0 Å². The minimum absolute atomic E-state index is 0.0828. The van der Waals surface area contributed by atoms with E-state index in [-0.39, 0.29) is 18.4 Å². The fourth-order valence-corrected chi connectivity index (χ4v) is 1.24. The van der Waals surface area contributed by atoms with Crippen LogP contribution in [0.1, 0.15) is 18.1 Å². The average molecular weight is 181 g/mol. The Labute approximate surface area is 77.8 Å². The molecule has 1 atom stereocenters. The molecule has 1 unspecified atom stereocenters. The van der Waals surface area contributed by atoms with Gasteiger partial charge in [-0.3, -0.25) is 0 Å². The monoisotopic (exact) mass is 181 g/mol. The number of hydrogen-bond donors (Lipinski definition) is 3. The highest BCUT2D eigenvalue weighted by atomic mass is 16.3. The molecule has 0 aliphatic carbocycles. The fraction of sp³-hybridized carbons (Fsp3) is 0.400. The van der Waals surface area contributed by atoms with Crippen LogP contribution in [0.5, 0.6) is 5.75 Å². The van der Waals surface area contributed by atoms with Crippen molar-refractivity contribution in [3.8, 4) is 5.75 Å². The Balaban J connectivity index is 2.83. The molecule has 0 aliphatic heterocycles. The molecule has 0 amide bonds. The van der Waals surface area contributed by atoms with Crippen molar-refractivity contribution in [1.82, 2.24) is 0 Å². The number of benzene rings is 1. The maximum atomic E-state index is 9.40. The quantitative estimate of drug-likeness (QED) is 0.645. The predicted molar refractivity (Wildman–Crippen MR) is 51.4 cm³/mol. The Bertz CT molecular complexity index is 284. The summed E-state index contributed by atoms with van der Waals surface area (Å²) in [5.74, 6) is 0.139. The summed E-state index contributed by atoms with van der Waals surface area (Å²) >= 11 is 0. The van der Waals surface area contributed by atoms with Crippen molar-refractivity contribution >= 4 is 0 Å². The summed E-state index contributed by atoms with van der Waals surface area (Å²) < 4.78 is 0. The zero-order valence-electron chi connectivity index (χ0n) is 7.70. The van der Waals surface area contributed by atoms with Gasteiger partial charge < -0.3 is 15.9 Å². The zero-order chi connectivity index (χ0) is 9.84. The summed E-state index contributed by atoms with van der Waals surface area (Å²) in [4.78, 5) is 0. The van der Waals surface area contributed by atoms with E-state index in [0.29, 0.717) is 5.56 Å². The van der Waals surface area contributed by atoms with E-state index in [0.717, 1.165) is 12.0 Å². The molecule has 0 radical (unpaired) electrons. The molecule has 0 fully saturated rings. The average Bonchev–Trinajstić information content (AvgIpc) is 2.03. The van der Waals surface area contributed by atoms with Crippen LogP contribution in [-0.4, -0.2) is 16.3 Å². The van der Waals surface area contributed by atoms with Crippen LogP contribution in [-0.2, 0) is 13.0 Å². The second-order valence-electron chi connectivity index (χ2n) is 3.30. The van der Waals surface area contributed by atoms with Crippen LogP contribution in [0.25, 0.3) is 0 Å². The smallest absolute Gasteiger partial charge is 0.121 e. The van der Waals surface area contributed by atoms with Crippen LogP contribution in [0.15, 0.2) is 18.2 Å². The van der Waals surface area contributed by atoms with Gasteiger partial charge in [-0.1, -0.05) is 12.1 Å². The molecule has 1 rings (SSSR count). The summed E-state index contributed by atoms with van der Waals surface area (Å²) in [7, 11) is 0. The van der Waals surface area contributed by atoms with Gasteiger partial charge in [-0.2, -0.15) is 0 Å². The molecule has 0 saturated heterocycles. The van der Waals surface area contributed by atoms with E-state index in [4.69, 9.17) is 10.8 Å². The van der Waals surface area contributed by atoms with Crippen molar-refractivity contribution < 1.29 is 10.2 Å². The van der Waals surface area contributed by atoms with Crippen LogP contribution < -0.4 is 5.73 Å². The van der Waals surface area contributed by atoms with Crippen molar-refractivity contribution in [1.29, 1.82) is 0 Å². The second-order valence-corrected chi connectivity index (χ2v) is 3.30. The maximum Gasteiger partial charge on any atom is 0.121 e. The highest BCUT2D eigenvalue weighted by molar-refractivity contribution is 5.36. The maximum absolute atomic E-state index is 9.40. The largest absolute Gasteiger partial charge is 0.508 e. The Kier molecular flexibility index (Phi) is 3.28. The van der Waals surface area contributed by atoms with Crippen LogP contribution in [0.4, 0.5) is 0 Å². The standard InChI is InChI=1S/C10H15NO2/c1-7(11)4-8-2-3-9(6-12)10(13)5-8/h2-3,5,7,12-13H,4,6,11H2,1H3. The molecule has 1 aromatic carbocycles. The Morgan fingerprint density at radius 1 is 1.46 bits per heavy atom. The van der Waals surface area contributed by atoms with Crippen molar-refractivity contribution in [2.75, 3.05) is 0 Å². The fourth-order valence-electron chi connectivity index (χ4n) is 1.24. The topological polar surface area (TPSA) is 66.5 Å². The van der Waals surface area contributed by atoms with Crippen molar-refractivity contribution in [3.63, 3.8) is 0 Å². The number of phenols is 1. The van der Waals surface area contributed by atoms with Crippen LogP contribution in [0.2, 0.25) is 0 Å².